The van der Waals surface area contributed by atoms with Gasteiger partial charge in [0.25, 0.3) is 5.91 Å². The Balaban J connectivity index is 2.80. The van der Waals surface area contributed by atoms with Gasteiger partial charge in [-0.2, -0.15) is 0 Å². The van der Waals surface area contributed by atoms with Crippen molar-refractivity contribution in [2.45, 2.75) is 0 Å². The molecule has 15 heavy (non-hydrogen) atoms. The van der Waals surface area contributed by atoms with E-state index in [1.165, 1.54) is 19.4 Å². The molecule has 0 spiro atoms. The van der Waals surface area contributed by atoms with E-state index in [9.17, 15) is 9.59 Å². The SMILES string of the molecule is CN(CC(=O)O)C(=O)c1cncc(Cl)n1. The number of aliphatic carboxylic acids is 1. The van der Waals surface area contributed by atoms with E-state index in [1.54, 1.807) is 0 Å². The van der Waals surface area contributed by atoms with Gasteiger partial charge in [0.2, 0.25) is 0 Å². The lowest BCUT2D eigenvalue weighted by molar-refractivity contribution is -0.137. The third kappa shape index (κ3) is 3.17. The van der Waals surface area contributed by atoms with Crippen molar-refractivity contribution in [3.63, 3.8) is 0 Å². The van der Waals surface area contributed by atoms with E-state index in [-0.39, 0.29) is 10.8 Å². The van der Waals surface area contributed by atoms with E-state index >= 15 is 0 Å². The monoisotopic (exact) mass is 229 g/mol. The predicted molar refractivity (Wildman–Crippen MR) is 51.6 cm³/mol. The number of carbonyl (C=O) groups excluding carboxylic acids is 1. The van der Waals surface area contributed by atoms with Crippen molar-refractivity contribution in [3.05, 3.63) is 23.2 Å². The lowest BCUT2D eigenvalue weighted by Gasteiger charge is -2.13. The van der Waals surface area contributed by atoms with Gasteiger partial charge in [-0.25, -0.2) is 4.98 Å². The largest absolute Gasteiger partial charge is 0.480 e. The normalized spacial score (nSPS) is 9.73. The van der Waals surface area contributed by atoms with E-state index in [0.717, 1.165) is 4.90 Å². The zero-order chi connectivity index (χ0) is 11.4. The molecule has 80 valence electrons. The fraction of sp³-hybridized carbons (Fsp3) is 0.250. The highest BCUT2D eigenvalue weighted by Crippen LogP contribution is 2.04. The Bertz CT molecular complexity index is 396. The molecule has 1 aromatic heterocycles. The van der Waals surface area contributed by atoms with Crippen LogP contribution in [0.5, 0.6) is 0 Å². The van der Waals surface area contributed by atoms with Gasteiger partial charge in [0.15, 0.2) is 0 Å². The molecule has 0 fully saturated rings. The molecule has 0 saturated heterocycles. The Labute approximate surface area is 90.5 Å². The molecule has 0 aromatic carbocycles. The molecule has 0 radical (unpaired) electrons. The van der Waals surface area contributed by atoms with Crippen LogP contribution in [0.3, 0.4) is 0 Å². The summed E-state index contributed by atoms with van der Waals surface area (Å²) in [5, 5.41) is 8.57. The molecule has 0 saturated carbocycles. The highest BCUT2D eigenvalue weighted by Gasteiger charge is 2.15. The lowest BCUT2D eigenvalue weighted by atomic mass is 10.4. The number of carbonyl (C=O) groups is 2. The number of aromatic nitrogens is 2. The molecule has 1 aromatic rings. The molecule has 0 bridgehead atoms. The minimum atomic E-state index is -1.10. The number of rotatable bonds is 3. The molecule has 0 aliphatic carbocycles. The summed E-state index contributed by atoms with van der Waals surface area (Å²) in [7, 11) is 1.36. The van der Waals surface area contributed by atoms with Crippen LogP contribution < -0.4 is 0 Å². The van der Waals surface area contributed by atoms with Crippen LogP contribution in [0, 0.1) is 0 Å². The molecule has 0 unspecified atom stereocenters. The average molecular weight is 230 g/mol. The van der Waals surface area contributed by atoms with Crippen LogP contribution in [0.25, 0.3) is 0 Å². The third-order valence-electron chi connectivity index (χ3n) is 1.54. The first-order chi connectivity index (χ1) is 7.00. The highest BCUT2D eigenvalue weighted by molar-refractivity contribution is 6.29. The van der Waals surface area contributed by atoms with Gasteiger partial charge in [-0.3, -0.25) is 14.6 Å². The van der Waals surface area contributed by atoms with Crippen LogP contribution >= 0.6 is 11.6 Å². The first-order valence-electron chi connectivity index (χ1n) is 3.95. The van der Waals surface area contributed by atoms with Crippen LogP contribution in [0.15, 0.2) is 12.4 Å². The maximum Gasteiger partial charge on any atom is 0.323 e. The first kappa shape index (κ1) is 11.4. The standard InChI is InChI=1S/C8H8ClN3O3/c1-12(4-7(13)14)8(15)5-2-10-3-6(9)11-5/h2-3H,4H2,1H3,(H,13,14). The Kier molecular flexibility index (Phi) is 3.56. The van der Waals surface area contributed by atoms with Gasteiger partial charge >= 0.3 is 5.97 Å². The van der Waals surface area contributed by atoms with Crippen LogP contribution in [0.1, 0.15) is 10.5 Å². The smallest absolute Gasteiger partial charge is 0.323 e. The number of hydrogen-bond donors (Lipinski definition) is 1. The van der Waals surface area contributed by atoms with Crippen molar-refractivity contribution in [1.82, 2.24) is 14.9 Å². The molecule has 7 heteroatoms. The summed E-state index contributed by atoms with van der Waals surface area (Å²) >= 11 is 5.54. The van der Waals surface area contributed by atoms with Gasteiger partial charge < -0.3 is 10.0 Å². The van der Waals surface area contributed by atoms with E-state index in [0.29, 0.717) is 0 Å². The van der Waals surface area contributed by atoms with Crippen molar-refractivity contribution in [2.24, 2.45) is 0 Å². The summed E-state index contributed by atoms with van der Waals surface area (Å²) in [6, 6.07) is 0. The van der Waals surface area contributed by atoms with Gasteiger partial charge in [0.1, 0.15) is 17.4 Å². The molecule has 1 N–H and O–H groups in total. The van der Waals surface area contributed by atoms with Crippen molar-refractivity contribution >= 4 is 23.5 Å². The number of amides is 1. The molecule has 1 rings (SSSR count). The van der Waals surface area contributed by atoms with Gasteiger partial charge in [0, 0.05) is 7.05 Å². The second kappa shape index (κ2) is 4.70. The summed E-state index contributed by atoms with van der Waals surface area (Å²) in [5.41, 5.74) is 0.0197. The minimum absolute atomic E-state index is 0.0197. The maximum atomic E-state index is 11.5. The average Bonchev–Trinajstić information content (AvgIpc) is 2.15. The molecule has 1 amide bonds. The second-order valence-electron chi connectivity index (χ2n) is 2.78. The summed E-state index contributed by atoms with van der Waals surface area (Å²) in [4.78, 5) is 30.3. The first-order valence-corrected chi connectivity index (χ1v) is 4.33. The second-order valence-corrected chi connectivity index (χ2v) is 3.17. The molecule has 1 heterocycles. The quantitative estimate of drug-likeness (QED) is 0.805. The molecular formula is C8H8ClN3O3. The Hall–Kier alpha value is -1.69. The van der Waals surface area contributed by atoms with E-state index < -0.39 is 18.4 Å². The topological polar surface area (TPSA) is 83.4 Å². The Morgan fingerprint density at radius 3 is 2.73 bits per heavy atom. The summed E-state index contributed by atoms with van der Waals surface area (Å²) < 4.78 is 0. The Morgan fingerprint density at radius 1 is 1.53 bits per heavy atom. The number of halogens is 1. The van der Waals surface area contributed by atoms with Crippen LogP contribution in [-0.2, 0) is 4.79 Å². The van der Waals surface area contributed by atoms with Crippen molar-refractivity contribution in [1.29, 1.82) is 0 Å². The van der Waals surface area contributed by atoms with Crippen molar-refractivity contribution in [2.75, 3.05) is 13.6 Å². The zero-order valence-electron chi connectivity index (χ0n) is 7.85. The van der Waals surface area contributed by atoms with Gasteiger partial charge in [-0.15, -0.1) is 0 Å². The van der Waals surface area contributed by atoms with Crippen molar-refractivity contribution < 1.29 is 14.7 Å². The summed E-state index contributed by atoms with van der Waals surface area (Å²) in [6.07, 6.45) is 2.52. The van der Waals surface area contributed by atoms with E-state index in [4.69, 9.17) is 16.7 Å². The van der Waals surface area contributed by atoms with Crippen LogP contribution in [0.2, 0.25) is 5.15 Å². The van der Waals surface area contributed by atoms with Gasteiger partial charge in [-0.1, -0.05) is 11.6 Å². The molecule has 0 aliphatic heterocycles. The maximum absolute atomic E-state index is 11.5. The lowest BCUT2D eigenvalue weighted by Crippen LogP contribution is -2.32. The number of carboxylic acid groups (broad SMARTS) is 1. The number of likely N-dealkylation sites (N-methyl/N-ethyl adjacent to an activating group) is 1. The minimum Gasteiger partial charge on any atom is -0.480 e. The van der Waals surface area contributed by atoms with E-state index in [2.05, 4.69) is 9.97 Å². The number of nitrogens with zero attached hydrogens (tertiary/aromatic N) is 3. The number of carboxylic acids is 1. The number of hydrogen-bond acceptors (Lipinski definition) is 4. The summed E-state index contributed by atoms with van der Waals surface area (Å²) in [5.74, 6) is -1.63. The van der Waals surface area contributed by atoms with Crippen LogP contribution in [0.4, 0.5) is 0 Å². The predicted octanol–water partition coefficient (Wildman–Crippen LogP) is 0.287. The molecule has 0 atom stereocenters. The van der Waals surface area contributed by atoms with E-state index in [1.807, 2.05) is 0 Å². The van der Waals surface area contributed by atoms with Crippen LogP contribution in [-0.4, -0.2) is 45.4 Å². The fourth-order valence-corrected chi connectivity index (χ4v) is 1.06. The fourth-order valence-electron chi connectivity index (χ4n) is 0.915. The molecule has 6 nitrogen and oxygen atoms in total. The highest BCUT2D eigenvalue weighted by atomic mass is 35.5. The third-order valence-corrected chi connectivity index (χ3v) is 1.73. The van der Waals surface area contributed by atoms with Crippen molar-refractivity contribution in [3.8, 4) is 0 Å². The summed E-state index contributed by atoms with van der Waals surface area (Å²) in [6.45, 7) is -0.396. The molecular weight excluding hydrogens is 222 g/mol. The van der Waals surface area contributed by atoms with Gasteiger partial charge in [-0.05, 0) is 0 Å². The van der Waals surface area contributed by atoms with Gasteiger partial charge in [0.05, 0.1) is 12.4 Å². The zero-order valence-corrected chi connectivity index (χ0v) is 8.60. The Morgan fingerprint density at radius 2 is 2.20 bits per heavy atom. The molecule has 0 aliphatic rings.